The van der Waals surface area contributed by atoms with Crippen LogP contribution in [-0.4, -0.2) is 9.97 Å². The summed E-state index contributed by atoms with van der Waals surface area (Å²) in [7, 11) is 0. The summed E-state index contributed by atoms with van der Waals surface area (Å²) in [5.74, 6) is 0. The highest BCUT2D eigenvalue weighted by atomic mass is 32.1. The molecule has 1 aromatic heterocycles. The van der Waals surface area contributed by atoms with E-state index >= 15 is 0 Å². The number of hydrogen-bond donors (Lipinski definition) is 2. The van der Waals surface area contributed by atoms with Crippen molar-refractivity contribution < 1.29 is 13.2 Å². The molecule has 2 rings (SSSR count). The van der Waals surface area contributed by atoms with Gasteiger partial charge in [-0.25, -0.2) is 4.98 Å². The molecule has 0 amide bonds. The summed E-state index contributed by atoms with van der Waals surface area (Å²) in [4.78, 5) is 6.33. The topological polar surface area (TPSA) is 28.7 Å². The zero-order chi connectivity index (χ0) is 10.3. The summed E-state index contributed by atoms with van der Waals surface area (Å²) in [5.41, 5.74) is 0.0794. The molecule has 74 valence electrons. The van der Waals surface area contributed by atoms with Crippen LogP contribution in [0.5, 0.6) is 0 Å². The van der Waals surface area contributed by atoms with Crippen molar-refractivity contribution in [1.82, 2.24) is 9.97 Å². The summed E-state index contributed by atoms with van der Waals surface area (Å²) in [6.07, 6.45) is -3.03. The fourth-order valence-corrected chi connectivity index (χ4v) is 1.51. The van der Waals surface area contributed by atoms with E-state index in [2.05, 4.69) is 22.6 Å². The fourth-order valence-electron chi connectivity index (χ4n) is 1.20. The minimum Gasteiger partial charge on any atom is -0.345 e. The van der Waals surface area contributed by atoms with Gasteiger partial charge in [-0.1, -0.05) is 0 Å². The van der Waals surface area contributed by atoms with Crippen LogP contribution >= 0.6 is 12.6 Å². The van der Waals surface area contributed by atoms with Gasteiger partial charge < -0.3 is 4.98 Å². The predicted octanol–water partition coefficient (Wildman–Crippen LogP) is 2.87. The third-order valence-electron chi connectivity index (χ3n) is 1.84. The molecular weight excluding hydrogens is 213 g/mol. The quantitative estimate of drug-likeness (QED) is 0.654. The zero-order valence-electron chi connectivity index (χ0n) is 6.76. The number of rotatable bonds is 0. The van der Waals surface area contributed by atoms with Gasteiger partial charge in [-0.15, -0.1) is 12.6 Å². The lowest BCUT2D eigenvalue weighted by molar-refractivity contribution is -0.139. The van der Waals surface area contributed by atoms with Crippen molar-refractivity contribution in [2.24, 2.45) is 0 Å². The van der Waals surface area contributed by atoms with Crippen LogP contribution in [0, 0.1) is 0 Å². The fraction of sp³-hybridized carbons (Fsp3) is 0.125. The molecule has 0 spiro atoms. The Morgan fingerprint density at radius 1 is 1.29 bits per heavy atom. The third kappa shape index (κ3) is 1.45. The van der Waals surface area contributed by atoms with E-state index < -0.39 is 11.7 Å². The molecule has 0 saturated carbocycles. The molecule has 1 N–H and O–H groups in total. The highest BCUT2D eigenvalue weighted by molar-refractivity contribution is 7.80. The van der Waals surface area contributed by atoms with Gasteiger partial charge in [0.25, 0.3) is 0 Å². The van der Waals surface area contributed by atoms with Crippen molar-refractivity contribution in [1.29, 1.82) is 0 Å². The molecule has 2 aromatic rings. The largest absolute Gasteiger partial charge is 0.417 e. The first-order valence-electron chi connectivity index (χ1n) is 3.72. The van der Waals surface area contributed by atoms with Gasteiger partial charge in [0.2, 0.25) is 0 Å². The van der Waals surface area contributed by atoms with Crippen molar-refractivity contribution in [2.45, 2.75) is 11.1 Å². The first kappa shape index (κ1) is 9.39. The van der Waals surface area contributed by atoms with E-state index in [1.54, 1.807) is 0 Å². The van der Waals surface area contributed by atoms with Gasteiger partial charge in [0.1, 0.15) is 0 Å². The van der Waals surface area contributed by atoms with Crippen LogP contribution in [0.15, 0.2) is 23.4 Å². The van der Waals surface area contributed by atoms with Gasteiger partial charge in [0.05, 0.1) is 22.9 Å². The summed E-state index contributed by atoms with van der Waals surface area (Å²) in [6.45, 7) is 0. The number of alkyl halides is 3. The summed E-state index contributed by atoms with van der Waals surface area (Å²) < 4.78 is 37.2. The van der Waals surface area contributed by atoms with Crippen LogP contribution in [-0.2, 0) is 6.18 Å². The Morgan fingerprint density at radius 2 is 2.00 bits per heavy atom. The zero-order valence-corrected chi connectivity index (χ0v) is 7.65. The molecule has 0 radical (unpaired) electrons. The van der Waals surface area contributed by atoms with E-state index in [-0.39, 0.29) is 4.90 Å². The van der Waals surface area contributed by atoms with Gasteiger partial charge in [-0.3, -0.25) is 0 Å². The van der Waals surface area contributed by atoms with Gasteiger partial charge in [-0.2, -0.15) is 13.2 Å². The standard InChI is InChI=1S/C8H5F3N2S/c9-8(10,11)4-1-5-6(2-7(4)14)13-3-12-5/h1-3,14H,(H,12,13). The van der Waals surface area contributed by atoms with Crippen LogP contribution in [0.4, 0.5) is 13.2 Å². The van der Waals surface area contributed by atoms with Crippen LogP contribution in [0.2, 0.25) is 0 Å². The highest BCUT2D eigenvalue weighted by Crippen LogP contribution is 2.35. The Kier molecular flexibility index (Phi) is 1.95. The summed E-state index contributed by atoms with van der Waals surface area (Å²) in [6, 6.07) is 2.29. The molecule has 0 unspecified atom stereocenters. The Labute approximate surface area is 82.6 Å². The van der Waals surface area contributed by atoms with E-state index in [1.807, 2.05) is 0 Å². The van der Waals surface area contributed by atoms with Crippen LogP contribution in [0.25, 0.3) is 11.0 Å². The molecule has 0 saturated heterocycles. The first-order chi connectivity index (χ1) is 6.48. The van der Waals surface area contributed by atoms with Crippen molar-refractivity contribution in [3.8, 4) is 0 Å². The molecule has 0 bridgehead atoms. The normalized spacial score (nSPS) is 12.3. The molecule has 2 nitrogen and oxygen atoms in total. The molecule has 1 aromatic carbocycles. The molecule has 0 aliphatic carbocycles. The lowest BCUT2D eigenvalue weighted by Gasteiger charge is -2.08. The number of hydrogen-bond acceptors (Lipinski definition) is 2. The van der Waals surface area contributed by atoms with Crippen molar-refractivity contribution in [2.75, 3.05) is 0 Å². The average molecular weight is 218 g/mol. The number of aromatic nitrogens is 2. The second-order valence-electron chi connectivity index (χ2n) is 2.79. The molecule has 0 atom stereocenters. The smallest absolute Gasteiger partial charge is 0.345 e. The van der Waals surface area contributed by atoms with E-state index in [9.17, 15) is 13.2 Å². The van der Waals surface area contributed by atoms with E-state index in [0.29, 0.717) is 11.0 Å². The average Bonchev–Trinajstić information content (AvgIpc) is 2.47. The maximum absolute atomic E-state index is 12.4. The van der Waals surface area contributed by atoms with Crippen molar-refractivity contribution in [3.63, 3.8) is 0 Å². The molecule has 0 aliphatic heterocycles. The lowest BCUT2D eigenvalue weighted by Crippen LogP contribution is -2.05. The molecule has 0 aliphatic rings. The molecular formula is C8H5F3N2S. The second kappa shape index (κ2) is 2.91. The highest BCUT2D eigenvalue weighted by Gasteiger charge is 2.33. The molecule has 14 heavy (non-hydrogen) atoms. The maximum atomic E-state index is 12.4. The van der Waals surface area contributed by atoms with Gasteiger partial charge in [0, 0.05) is 4.90 Å². The Bertz CT molecular complexity index is 475. The summed E-state index contributed by atoms with van der Waals surface area (Å²) >= 11 is 3.77. The Balaban J connectivity index is 2.71. The SMILES string of the molecule is FC(F)(F)c1cc2[nH]cnc2cc1S. The maximum Gasteiger partial charge on any atom is 0.417 e. The number of halogens is 3. The number of benzene rings is 1. The minimum atomic E-state index is -4.38. The predicted molar refractivity (Wildman–Crippen MR) is 48.3 cm³/mol. The number of nitrogens with zero attached hydrogens (tertiary/aromatic N) is 1. The lowest BCUT2D eigenvalue weighted by atomic mass is 10.2. The number of fused-ring (bicyclic) bond motifs is 1. The van der Waals surface area contributed by atoms with Gasteiger partial charge >= 0.3 is 6.18 Å². The second-order valence-corrected chi connectivity index (χ2v) is 3.27. The van der Waals surface area contributed by atoms with Crippen molar-refractivity contribution >= 4 is 23.7 Å². The minimum absolute atomic E-state index is 0.114. The Hall–Kier alpha value is -1.17. The molecule has 0 fully saturated rings. The van der Waals surface area contributed by atoms with Crippen LogP contribution < -0.4 is 0 Å². The first-order valence-corrected chi connectivity index (χ1v) is 4.16. The number of imidazole rings is 1. The number of nitrogens with one attached hydrogen (secondary N) is 1. The van der Waals surface area contributed by atoms with E-state index in [1.165, 1.54) is 12.4 Å². The number of H-pyrrole nitrogens is 1. The van der Waals surface area contributed by atoms with Crippen LogP contribution in [0.3, 0.4) is 0 Å². The summed E-state index contributed by atoms with van der Waals surface area (Å²) in [5, 5.41) is 0. The Morgan fingerprint density at radius 3 is 2.64 bits per heavy atom. The monoisotopic (exact) mass is 218 g/mol. The number of aromatic amines is 1. The van der Waals surface area contributed by atoms with E-state index in [0.717, 1.165) is 6.07 Å². The number of thiol groups is 1. The molecule has 1 heterocycles. The van der Waals surface area contributed by atoms with Crippen LogP contribution in [0.1, 0.15) is 5.56 Å². The third-order valence-corrected chi connectivity index (χ3v) is 2.21. The van der Waals surface area contributed by atoms with Crippen molar-refractivity contribution in [3.05, 3.63) is 24.0 Å². The van der Waals surface area contributed by atoms with Gasteiger partial charge in [0.15, 0.2) is 0 Å². The van der Waals surface area contributed by atoms with Gasteiger partial charge in [-0.05, 0) is 12.1 Å². The van der Waals surface area contributed by atoms with E-state index in [4.69, 9.17) is 0 Å². The molecule has 6 heteroatoms.